The maximum absolute atomic E-state index is 3.71. The van der Waals surface area contributed by atoms with Crippen LogP contribution in [0.5, 0.6) is 0 Å². The van der Waals surface area contributed by atoms with Gasteiger partial charge in [0.2, 0.25) is 0 Å². The predicted molar refractivity (Wildman–Crippen MR) is 123 cm³/mol. The van der Waals surface area contributed by atoms with E-state index < -0.39 is 0 Å². The van der Waals surface area contributed by atoms with Gasteiger partial charge in [-0.25, -0.2) is 0 Å². The minimum atomic E-state index is 0.771. The molecular weight excluding hydrogens is 328 g/mol. The summed E-state index contributed by atoms with van der Waals surface area (Å²) in [6, 6.07) is 0.771. The van der Waals surface area contributed by atoms with Crippen LogP contribution in [0.2, 0.25) is 0 Å². The van der Waals surface area contributed by atoms with Crippen LogP contribution in [0.1, 0.15) is 129 Å². The highest BCUT2D eigenvalue weighted by Crippen LogP contribution is 2.13. The van der Waals surface area contributed by atoms with E-state index in [0.717, 1.165) is 6.04 Å². The van der Waals surface area contributed by atoms with Crippen LogP contribution >= 0.6 is 0 Å². The average Bonchev–Trinajstić information content (AvgIpc) is 3.18. The van der Waals surface area contributed by atoms with Crippen molar-refractivity contribution < 1.29 is 0 Å². The smallest absolute Gasteiger partial charge is 0.0195 e. The molecule has 1 aliphatic heterocycles. The quantitative estimate of drug-likeness (QED) is 0.222. The van der Waals surface area contributed by atoms with Crippen molar-refractivity contribution in [2.45, 2.75) is 135 Å². The second-order valence-corrected chi connectivity index (χ2v) is 9.04. The SMILES string of the molecule is CCCCCCCCCCN(CCCCCCCCCC)C[C@@H]1CCCN1. The van der Waals surface area contributed by atoms with Crippen molar-refractivity contribution in [3.05, 3.63) is 0 Å². The molecule has 0 bridgehead atoms. The van der Waals surface area contributed by atoms with Crippen LogP contribution in [0.3, 0.4) is 0 Å². The maximum Gasteiger partial charge on any atom is 0.0195 e. The van der Waals surface area contributed by atoms with E-state index in [1.807, 2.05) is 0 Å². The predicted octanol–water partition coefficient (Wildman–Crippen LogP) is 7.32. The molecule has 2 nitrogen and oxygen atoms in total. The van der Waals surface area contributed by atoms with E-state index >= 15 is 0 Å². The van der Waals surface area contributed by atoms with Crippen LogP contribution in [0.25, 0.3) is 0 Å². The zero-order valence-electron chi connectivity index (χ0n) is 19.1. The first-order valence-corrected chi connectivity index (χ1v) is 12.8. The topological polar surface area (TPSA) is 15.3 Å². The molecule has 0 spiro atoms. The molecule has 0 saturated carbocycles. The van der Waals surface area contributed by atoms with Gasteiger partial charge in [0.25, 0.3) is 0 Å². The standard InChI is InChI=1S/C25H52N2/c1-3-5-7-9-11-13-15-17-22-27(24-25-20-19-21-26-25)23-18-16-14-12-10-8-6-4-2/h25-26H,3-24H2,1-2H3/t25-/m0/s1. The molecule has 27 heavy (non-hydrogen) atoms. The van der Waals surface area contributed by atoms with Gasteiger partial charge >= 0.3 is 0 Å². The van der Waals surface area contributed by atoms with Crippen molar-refractivity contribution >= 4 is 0 Å². The van der Waals surface area contributed by atoms with Crippen LogP contribution < -0.4 is 5.32 Å². The van der Waals surface area contributed by atoms with Gasteiger partial charge in [-0.05, 0) is 45.3 Å². The van der Waals surface area contributed by atoms with Crippen molar-refractivity contribution in [1.82, 2.24) is 10.2 Å². The zero-order valence-corrected chi connectivity index (χ0v) is 19.1. The van der Waals surface area contributed by atoms with Gasteiger partial charge in [-0.1, -0.05) is 104 Å². The third kappa shape index (κ3) is 15.5. The van der Waals surface area contributed by atoms with Gasteiger partial charge in [-0.15, -0.1) is 0 Å². The first kappa shape index (κ1) is 25.0. The number of unbranched alkanes of at least 4 members (excludes halogenated alkanes) is 14. The van der Waals surface area contributed by atoms with Crippen LogP contribution in [-0.2, 0) is 0 Å². The van der Waals surface area contributed by atoms with Gasteiger partial charge in [0, 0.05) is 12.6 Å². The molecule has 0 radical (unpaired) electrons. The molecule has 0 aromatic rings. The Hall–Kier alpha value is -0.0800. The van der Waals surface area contributed by atoms with E-state index in [1.165, 1.54) is 142 Å². The molecule has 1 rings (SSSR count). The molecule has 0 unspecified atom stereocenters. The first-order chi connectivity index (χ1) is 13.4. The summed E-state index contributed by atoms with van der Waals surface area (Å²) in [6.45, 7) is 9.83. The van der Waals surface area contributed by atoms with Crippen molar-refractivity contribution in [1.29, 1.82) is 0 Å². The van der Waals surface area contributed by atoms with E-state index in [2.05, 4.69) is 24.1 Å². The van der Waals surface area contributed by atoms with Crippen LogP contribution in [0.15, 0.2) is 0 Å². The molecule has 2 heteroatoms. The van der Waals surface area contributed by atoms with Crippen LogP contribution in [0, 0.1) is 0 Å². The van der Waals surface area contributed by atoms with E-state index in [9.17, 15) is 0 Å². The van der Waals surface area contributed by atoms with Gasteiger partial charge in [0.15, 0.2) is 0 Å². The van der Waals surface area contributed by atoms with Crippen molar-refractivity contribution in [3.63, 3.8) is 0 Å². The molecule has 0 aliphatic carbocycles. The third-order valence-electron chi connectivity index (χ3n) is 6.30. The summed E-state index contributed by atoms with van der Waals surface area (Å²) in [6.07, 6.45) is 25.7. The highest BCUT2D eigenvalue weighted by Gasteiger charge is 2.17. The minimum absolute atomic E-state index is 0.771. The van der Waals surface area contributed by atoms with Crippen LogP contribution in [0.4, 0.5) is 0 Å². The lowest BCUT2D eigenvalue weighted by Crippen LogP contribution is -2.38. The Kier molecular flexibility index (Phi) is 17.8. The van der Waals surface area contributed by atoms with Gasteiger partial charge in [0.1, 0.15) is 0 Å². The fourth-order valence-electron chi connectivity index (χ4n) is 4.46. The number of hydrogen-bond acceptors (Lipinski definition) is 2. The summed E-state index contributed by atoms with van der Waals surface area (Å²) in [5.74, 6) is 0. The Morgan fingerprint density at radius 3 is 1.48 bits per heavy atom. The van der Waals surface area contributed by atoms with E-state index in [0.29, 0.717) is 0 Å². The Morgan fingerprint density at radius 1 is 0.630 bits per heavy atom. The minimum Gasteiger partial charge on any atom is -0.313 e. The zero-order chi connectivity index (χ0) is 19.4. The van der Waals surface area contributed by atoms with E-state index in [4.69, 9.17) is 0 Å². The molecule has 1 N–H and O–H groups in total. The molecule has 1 saturated heterocycles. The molecule has 1 heterocycles. The third-order valence-corrected chi connectivity index (χ3v) is 6.30. The molecule has 1 atom stereocenters. The molecule has 0 aromatic carbocycles. The van der Waals surface area contributed by atoms with Crippen molar-refractivity contribution in [3.8, 4) is 0 Å². The Bertz CT molecular complexity index is 266. The largest absolute Gasteiger partial charge is 0.313 e. The molecule has 0 amide bonds. The molecule has 1 aliphatic rings. The highest BCUT2D eigenvalue weighted by atomic mass is 15.1. The maximum atomic E-state index is 3.71. The fourth-order valence-corrected chi connectivity index (χ4v) is 4.46. The Morgan fingerprint density at radius 2 is 1.07 bits per heavy atom. The number of hydrogen-bond donors (Lipinski definition) is 1. The highest BCUT2D eigenvalue weighted by molar-refractivity contribution is 4.78. The lowest BCUT2D eigenvalue weighted by Gasteiger charge is -2.25. The van der Waals surface area contributed by atoms with Gasteiger partial charge in [0.05, 0.1) is 0 Å². The second kappa shape index (κ2) is 19.2. The monoisotopic (exact) mass is 380 g/mol. The normalized spacial score (nSPS) is 17.2. The van der Waals surface area contributed by atoms with E-state index in [-0.39, 0.29) is 0 Å². The first-order valence-electron chi connectivity index (χ1n) is 12.8. The average molecular weight is 381 g/mol. The summed E-state index contributed by atoms with van der Waals surface area (Å²) in [5.41, 5.74) is 0. The number of rotatable bonds is 20. The van der Waals surface area contributed by atoms with Gasteiger partial charge in [-0.3, -0.25) is 0 Å². The van der Waals surface area contributed by atoms with E-state index in [1.54, 1.807) is 0 Å². The summed E-state index contributed by atoms with van der Waals surface area (Å²) in [5, 5.41) is 3.71. The Labute approximate surface area is 172 Å². The lowest BCUT2D eigenvalue weighted by molar-refractivity contribution is 0.238. The molecule has 0 aromatic heterocycles. The summed E-state index contributed by atoms with van der Waals surface area (Å²) >= 11 is 0. The van der Waals surface area contributed by atoms with Crippen LogP contribution in [-0.4, -0.2) is 37.1 Å². The summed E-state index contributed by atoms with van der Waals surface area (Å²) < 4.78 is 0. The molecule has 162 valence electrons. The summed E-state index contributed by atoms with van der Waals surface area (Å²) in [4.78, 5) is 2.79. The van der Waals surface area contributed by atoms with Gasteiger partial charge < -0.3 is 10.2 Å². The number of nitrogens with one attached hydrogen (secondary N) is 1. The molecular formula is C25H52N2. The van der Waals surface area contributed by atoms with Crippen molar-refractivity contribution in [2.75, 3.05) is 26.2 Å². The number of nitrogens with zero attached hydrogens (tertiary/aromatic N) is 1. The summed E-state index contributed by atoms with van der Waals surface area (Å²) in [7, 11) is 0. The van der Waals surface area contributed by atoms with Crippen molar-refractivity contribution in [2.24, 2.45) is 0 Å². The second-order valence-electron chi connectivity index (χ2n) is 9.04. The molecule has 1 fully saturated rings. The van der Waals surface area contributed by atoms with Gasteiger partial charge in [-0.2, -0.15) is 0 Å². The fraction of sp³-hybridized carbons (Fsp3) is 1.00. The Balaban J connectivity index is 2.06. The lowest BCUT2D eigenvalue weighted by atomic mass is 10.1.